The molecule has 0 saturated heterocycles. The molecule has 0 aromatic rings. The second-order valence-corrected chi connectivity index (χ2v) is 9.45. The molecule has 3 amide bonds. The molecule has 10 heteroatoms. The Hall–Kier alpha value is -2.36. The second-order valence-electron chi connectivity index (χ2n) is 9.45. The molecule has 32 heavy (non-hydrogen) atoms. The van der Waals surface area contributed by atoms with Gasteiger partial charge in [-0.3, -0.25) is 14.4 Å². The number of ether oxygens (including phenoxy) is 2. The van der Waals surface area contributed by atoms with Gasteiger partial charge in [0.05, 0.1) is 0 Å². The molecule has 0 bridgehead atoms. The predicted octanol–water partition coefficient (Wildman–Crippen LogP) is 1.62. The van der Waals surface area contributed by atoms with Crippen molar-refractivity contribution >= 4 is 23.9 Å². The van der Waals surface area contributed by atoms with Gasteiger partial charge in [0.1, 0.15) is 23.7 Å². The molecule has 0 heterocycles. The molecule has 0 rings (SSSR count). The highest BCUT2D eigenvalue weighted by Crippen LogP contribution is 2.09. The summed E-state index contributed by atoms with van der Waals surface area (Å²) in [4.78, 5) is 48.4. The molecular formula is C22H42N4O6. The van der Waals surface area contributed by atoms with E-state index in [-0.39, 0.29) is 5.91 Å². The Balaban J connectivity index is 4.63. The van der Waals surface area contributed by atoms with Gasteiger partial charge in [-0.25, -0.2) is 4.79 Å². The standard InChI is InChI=1S/C22H42N4O6/c1-8-23-13-14-24-19(29)16(26-17(27)15-18(28)31-21(2,3)4)11-9-10-12-25-20(30)32-22(5,6)7/h16,23H,8-15H2,1-7H3,(H,24,29)(H,25,30)(H,26,27). The summed E-state index contributed by atoms with van der Waals surface area (Å²) in [6.45, 7) is 14.7. The van der Waals surface area contributed by atoms with Crippen molar-refractivity contribution in [1.29, 1.82) is 0 Å². The molecule has 1 unspecified atom stereocenters. The third-order valence-corrected chi connectivity index (χ3v) is 3.82. The number of hydrogen-bond donors (Lipinski definition) is 4. The number of carbonyl (C=O) groups is 4. The van der Waals surface area contributed by atoms with Crippen molar-refractivity contribution < 1.29 is 28.7 Å². The van der Waals surface area contributed by atoms with E-state index in [9.17, 15) is 19.2 Å². The van der Waals surface area contributed by atoms with Crippen molar-refractivity contribution in [2.45, 2.75) is 91.4 Å². The van der Waals surface area contributed by atoms with Crippen molar-refractivity contribution in [1.82, 2.24) is 21.3 Å². The third-order valence-electron chi connectivity index (χ3n) is 3.82. The number of alkyl carbamates (subject to hydrolysis) is 1. The lowest BCUT2D eigenvalue weighted by molar-refractivity contribution is -0.156. The van der Waals surface area contributed by atoms with Gasteiger partial charge in [0.2, 0.25) is 11.8 Å². The zero-order valence-electron chi connectivity index (χ0n) is 20.7. The summed E-state index contributed by atoms with van der Waals surface area (Å²) >= 11 is 0. The van der Waals surface area contributed by atoms with Crippen LogP contribution in [0.4, 0.5) is 4.79 Å². The summed E-state index contributed by atoms with van der Waals surface area (Å²) in [6, 6.07) is -0.784. The summed E-state index contributed by atoms with van der Waals surface area (Å²) in [5.41, 5.74) is -1.26. The van der Waals surface area contributed by atoms with Crippen LogP contribution < -0.4 is 21.3 Å². The lowest BCUT2D eigenvalue weighted by Crippen LogP contribution is -2.48. The Morgan fingerprint density at radius 3 is 2.00 bits per heavy atom. The van der Waals surface area contributed by atoms with Gasteiger partial charge < -0.3 is 30.7 Å². The monoisotopic (exact) mass is 458 g/mol. The maximum Gasteiger partial charge on any atom is 0.407 e. The number of carbonyl (C=O) groups excluding carboxylic acids is 4. The van der Waals surface area contributed by atoms with E-state index in [1.54, 1.807) is 41.5 Å². The molecule has 0 aromatic heterocycles. The van der Waals surface area contributed by atoms with Gasteiger partial charge in [-0.05, 0) is 67.3 Å². The zero-order valence-corrected chi connectivity index (χ0v) is 20.7. The van der Waals surface area contributed by atoms with Crippen molar-refractivity contribution in [2.24, 2.45) is 0 Å². The molecular weight excluding hydrogens is 416 g/mol. The predicted molar refractivity (Wildman–Crippen MR) is 122 cm³/mol. The van der Waals surface area contributed by atoms with Crippen molar-refractivity contribution in [3.8, 4) is 0 Å². The number of rotatable bonds is 13. The van der Waals surface area contributed by atoms with Crippen LogP contribution in [0.15, 0.2) is 0 Å². The van der Waals surface area contributed by atoms with E-state index in [1.165, 1.54) is 0 Å². The van der Waals surface area contributed by atoms with Crippen LogP contribution in [0.1, 0.15) is 74.1 Å². The topological polar surface area (TPSA) is 135 Å². The molecule has 1 atom stereocenters. The largest absolute Gasteiger partial charge is 0.460 e. The molecule has 0 spiro atoms. The van der Waals surface area contributed by atoms with Crippen LogP contribution in [0.5, 0.6) is 0 Å². The maximum absolute atomic E-state index is 12.5. The summed E-state index contributed by atoms with van der Waals surface area (Å²) in [6.07, 6.45) is 0.582. The molecule has 0 aliphatic heterocycles. The van der Waals surface area contributed by atoms with E-state index in [0.29, 0.717) is 38.9 Å². The SMILES string of the molecule is CCNCCNC(=O)C(CCCCNC(=O)OC(C)(C)C)NC(=O)CC(=O)OC(C)(C)C. The van der Waals surface area contributed by atoms with Crippen LogP contribution in [-0.4, -0.2) is 67.3 Å². The lowest BCUT2D eigenvalue weighted by Gasteiger charge is -2.21. The first-order valence-electron chi connectivity index (χ1n) is 11.2. The van der Waals surface area contributed by atoms with Crippen molar-refractivity contribution in [2.75, 3.05) is 26.2 Å². The Bertz CT molecular complexity index is 611. The molecule has 186 valence electrons. The fourth-order valence-electron chi connectivity index (χ4n) is 2.58. The van der Waals surface area contributed by atoms with Crippen LogP contribution >= 0.6 is 0 Å². The van der Waals surface area contributed by atoms with E-state index in [4.69, 9.17) is 9.47 Å². The first-order chi connectivity index (χ1) is 14.7. The third kappa shape index (κ3) is 17.3. The highest BCUT2D eigenvalue weighted by atomic mass is 16.6. The minimum absolute atomic E-state index is 0.319. The number of nitrogens with one attached hydrogen (secondary N) is 4. The summed E-state index contributed by atoms with van der Waals surface area (Å²) < 4.78 is 10.3. The van der Waals surface area contributed by atoms with Crippen LogP contribution in [0.2, 0.25) is 0 Å². The van der Waals surface area contributed by atoms with Gasteiger partial charge in [0.25, 0.3) is 0 Å². The number of amides is 3. The van der Waals surface area contributed by atoms with E-state index in [0.717, 1.165) is 6.54 Å². The maximum atomic E-state index is 12.5. The Morgan fingerprint density at radius 1 is 0.812 bits per heavy atom. The quantitative estimate of drug-likeness (QED) is 0.187. The van der Waals surface area contributed by atoms with E-state index in [1.807, 2.05) is 6.92 Å². The van der Waals surface area contributed by atoms with Gasteiger partial charge in [-0.15, -0.1) is 0 Å². The summed E-state index contributed by atoms with van der Waals surface area (Å²) in [5, 5.41) is 11.2. The molecule has 0 aromatic carbocycles. The Labute approximate surface area is 191 Å². The number of unbranched alkanes of at least 4 members (excludes halogenated alkanes) is 1. The van der Waals surface area contributed by atoms with Crippen LogP contribution in [0, 0.1) is 0 Å². The average molecular weight is 459 g/mol. The zero-order chi connectivity index (χ0) is 24.8. The number of hydrogen-bond acceptors (Lipinski definition) is 7. The van der Waals surface area contributed by atoms with Gasteiger partial charge >= 0.3 is 12.1 Å². The van der Waals surface area contributed by atoms with Gasteiger partial charge in [0.15, 0.2) is 0 Å². The van der Waals surface area contributed by atoms with Gasteiger partial charge in [-0.2, -0.15) is 0 Å². The normalized spacial score (nSPS) is 12.5. The van der Waals surface area contributed by atoms with E-state index < -0.39 is 41.6 Å². The fraction of sp³-hybridized carbons (Fsp3) is 0.818. The molecule has 4 N–H and O–H groups in total. The first kappa shape index (κ1) is 29.6. The smallest absolute Gasteiger partial charge is 0.407 e. The van der Waals surface area contributed by atoms with Gasteiger partial charge in [-0.1, -0.05) is 6.92 Å². The fourth-order valence-corrected chi connectivity index (χ4v) is 2.58. The minimum Gasteiger partial charge on any atom is -0.460 e. The first-order valence-corrected chi connectivity index (χ1v) is 11.2. The molecule has 0 aliphatic carbocycles. The molecule has 0 aliphatic rings. The number of esters is 1. The van der Waals surface area contributed by atoms with Crippen molar-refractivity contribution in [3.05, 3.63) is 0 Å². The molecule has 10 nitrogen and oxygen atoms in total. The Kier molecular flexibility index (Phi) is 13.6. The summed E-state index contributed by atoms with van der Waals surface area (Å²) in [7, 11) is 0. The highest BCUT2D eigenvalue weighted by Gasteiger charge is 2.24. The molecule has 0 fully saturated rings. The van der Waals surface area contributed by atoms with Crippen molar-refractivity contribution in [3.63, 3.8) is 0 Å². The van der Waals surface area contributed by atoms with Gasteiger partial charge in [0, 0.05) is 19.6 Å². The van der Waals surface area contributed by atoms with E-state index >= 15 is 0 Å². The highest BCUT2D eigenvalue weighted by molar-refractivity contribution is 5.96. The van der Waals surface area contributed by atoms with Crippen LogP contribution in [0.25, 0.3) is 0 Å². The van der Waals surface area contributed by atoms with Crippen LogP contribution in [-0.2, 0) is 23.9 Å². The minimum atomic E-state index is -0.784. The second kappa shape index (κ2) is 14.7. The number of likely N-dealkylation sites (N-methyl/N-ethyl adjacent to an activating group) is 1. The lowest BCUT2D eigenvalue weighted by atomic mass is 10.1. The molecule has 0 radical (unpaired) electrons. The van der Waals surface area contributed by atoms with E-state index in [2.05, 4.69) is 21.3 Å². The van der Waals surface area contributed by atoms with Crippen LogP contribution in [0.3, 0.4) is 0 Å². The molecule has 0 saturated carbocycles. The Morgan fingerprint density at radius 2 is 1.44 bits per heavy atom. The average Bonchev–Trinajstić information content (AvgIpc) is 2.60. The summed E-state index contributed by atoms with van der Waals surface area (Å²) in [5.74, 6) is -1.54.